The molecule has 1 aromatic carbocycles. The minimum Gasteiger partial charge on any atom is -0.476 e. The second kappa shape index (κ2) is 10.9. The molecule has 10 heteroatoms. The van der Waals surface area contributed by atoms with Gasteiger partial charge in [-0.15, -0.1) is 0 Å². The minimum absolute atomic E-state index is 0.0770. The summed E-state index contributed by atoms with van der Waals surface area (Å²) in [5.41, 5.74) is 3.55. The molecule has 2 aliphatic carbocycles. The van der Waals surface area contributed by atoms with Gasteiger partial charge in [-0.1, -0.05) is 43.0 Å². The summed E-state index contributed by atoms with van der Waals surface area (Å²) >= 11 is 0. The fraction of sp³-hybridized carbons (Fsp3) is 0.645. The largest absolute Gasteiger partial charge is 0.476 e. The lowest BCUT2D eigenvalue weighted by Gasteiger charge is -2.48. The topological polar surface area (TPSA) is 140 Å². The Morgan fingerprint density at radius 2 is 1.59 bits per heavy atom. The van der Waals surface area contributed by atoms with E-state index in [0.717, 1.165) is 37.5 Å². The maximum absolute atomic E-state index is 14.1. The van der Waals surface area contributed by atoms with Crippen LogP contribution < -0.4 is 11.3 Å². The van der Waals surface area contributed by atoms with E-state index in [9.17, 15) is 19.5 Å². The van der Waals surface area contributed by atoms with E-state index in [1.807, 2.05) is 18.2 Å². The van der Waals surface area contributed by atoms with Crippen molar-refractivity contribution in [1.29, 1.82) is 0 Å². The van der Waals surface area contributed by atoms with Gasteiger partial charge in [0.25, 0.3) is 11.5 Å². The number of nitrogens with two attached hydrogens (primary N) is 1. The smallest absolute Gasteiger partial charge is 0.360 e. The Hall–Kier alpha value is -3.27. The number of piperidine rings is 1. The van der Waals surface area contributed by atoms with Gasteiger partial charge in [0.05, 0.1) is 11.0 Å². The molecular weight excluding hydrogens is 522 g/mol. The predicted molar refractivity (Wildman–Crippen MR) is 155 cm³/mol. The minimum atomic E-state index is -1.56. The second-order valence-electron chi connectivity index (χ2n) is 13.2. The first-order valence-corrected chi connectivity index (χ1v) is 15.2. The molecule has 2 unspecified atom stereocenters. The molecule has 6 atom stereocenters. The van der Waals surface area contributed by atoms with Gasteiger partial charge in [-0.05, 0) is 82.8 Å². The van der Waals surface area contributed by atoms with E-state index < -0.39 is 28.7 Å². The first-order chi connectivity index (χ1) is 19.6. The van der Waals surface area contributed by atoms with Crippen LogP contribution in [0, 0.1) is 11.8 Å². The highest BCUT2D eigenvalue weighted by Gasteiger charge is 2.47. The van der Waals surface area contributed by atoms with Crippen LogP contribution in [0.1, 0.15) is 96.2 Å². The van der Waals surface area contributed by atoms with E-state index in [4.69, 9.17) is 10.6 Å². The molecule has 41 heavy (non-hydrogen) atoms. The molecular formula is C31H41N5O5. The Labute approximate surface area is 239 Å². The molecule has 4 fully saturated rings. The summed E-state index contributed by atoms with van der Waals surface area (Å²) in [5, 5.41) is 13.7. The van der Waals surface area contributed by atoms with Crippen LogP contribution in [0.2, 0.25) is 0 Å². The second-order valence-corrected chi connectivity index (χ2v) is 13.2. The van der Waals surface area contributed by atoms with Gasteiger partial charge in [-0.3, -0.25) is 14.5 Å². The number of hydrogen-bond donors (Lipinski definition) is 2. The van der Waals surface area contributed by atoms with Crippen molar-refractivity contribution in [3.63, 3.8) is 0 Å². The van der Waals surface area contributed by atoms with E-state index >= 15 is 0 Å². The van der Waals surface area contributed by atoms with Crippen molar-refractivity contribution in [2.45, 2.75) is 114 Å². The van der Waals surface area contributed by atoms with E-state index in [2.05, 4.69) is 15.0 Å². The summed E-state index contributed by atoms with van der Waals surface area (Å²) in [4.78, 5) is 50.5. The van der Waals surface area contributed by atoms with Crippen molar-refractivity contribution in [3.05, 3.63) is 40.3 Å². The Balaban J connectivity index is 1.34. The number of primary amides is 1. The van der Waals surface area contributed by atoms with E-state index in [-0.39, 0.29) is 11.7 Å². The number of hydrogen-bond acceptors (Lipinski definition) is 7. The third-order valence-corrected chi connectivity index (χ3v) is 10.1. The average Bonchev–Trinajstić information content (AvgIpc) is 3.08. The highest BCUT2D eigenvalue weighted by atomic mass is 16.7. The molecule has 3 heterocycles. The normalized spacial score (nSPS) is 30.6. The molecule has 2 aliphatic heterocycles. The van der Waals surface area contributed by atoms with Crippen LogP contribution in [-0.4, -0.2) is 60.9 Å². The zero-order valence-electron chi connectivity index (χ0n) is 24.0. The highest BCUT2D eigenvalue weighted by Crippen LogP contribution is 2.48. The SMILES string of the molecule is CC(C)(O/N=C(\C(=O)O)c1nc2ccccc2n(C2C[C@H]3CC[C@@H](C2)N3C2C[C@H]3CCCC[C@@H](C2)C3)c1=O)C(N)=O. The molecule has 6 rings (SSSR count). The monoisotopic (exact) mass is 563 g/mol. The summed E-state index contributed by atoms with van der Waals surface area (Å²) < 4.78 is 1.75. The number of carboxylic acids is 1. The number of benzene rings is 1. The van der Waals surface area contributed by atoms with Gasteiger partial charge >= 0.3 is 5.97 Å². The number of amides is 1. The fourth-order valence-corrected chi connectivity index (χ4v) is 8.16. The third kappa shape index (κ3) is 5.27. The summed E-state index contributed by atoms with van der Waals surface area (Å²) in [5.74, 6) is -0.578. The molecule has 10 nitrogen and oxygen atoms in total. The summed E-state index contributed by atoms with van der Waals surface area (Å²) in [7, 11) is 0. The lowest BCUT2D eigenvalue weighted by atomic mass is 9.76. The number of fused-ring (bicyclic) bond motifs is 5. The van der Waals surface area contributed by atoms with Crippen LogP contribution >= 0.6 is 0 Å². The van der Waals surface area contributed by atoms with Crippen molar-refractivity contribution < 1.29 is 19.5 Å². The quantitative estimate of drug-likeness (QED) is 0.383. The molecule has 2 saturated carbocycles. The highest BCUT2D eigenvalue weighted by molar-refractivity contribution is 6.41. The number of carboxylic acid groups (broad SMARTS) is 1. The van der Waals surface area contributed by atoms with Crippen LogP contribution in [-0.2, 0) is 14.4 Å². The Kier molecular flexibility index (Phi) is 7.38. The number of aliphatic carboxylic acids is 1. The number of oxime groups is 1. The molecule has 1 aromatic heterocycles. The maximum Gasteiger partial charge on any atom is 0.360 e. The Morgan fingerprint density at radius 3 is 2.20 bits per heavy atom. The standard InChI is InChI=1S/C31H41N5O5/c1-31(2,30(32)40)41-34-27(29(38)39)26-28(37)36(25-10-6-5-9-24(25)33-26)23-16-20-11-12-21(17-23)35(20)22-14-18-7-3-4-8-19(13-18)15-22/h5-6,9-10,18-23H,3-4,7-8,11-17H2,1-2H3,(H2,32,40)(H,38,39)/b34-27-/t18-,19+,20-,21+,22?,23?. The van der Waals surface area contributed by atoms with E-state index in [1.54, 1.807) is 10.6 Å². The van der Waals surface area contributed by atoms with Crippen LogP contribution in [0.3, 0.4) is 0 Å². The molecule has 2 saturated heterocycles. The van der Waals surface area contributed by atoms with Crippen molar-refractivity contribution in [2.75, 3.05) is 0 Å². The van der Waals surface area contributed by atoms with Crippen LogP contribution in [0.5, 0.6) is 0 Å². The van der Waals surface area contributed by atoms with Gasteiger partial charge in [0.2, 0.25) is 11.3 Å². The van der Waals surface area contributed by atoms with Gasteiger partial charge in [0.15, 0.2) is 5.69 Å². The van der Waals surface area contributed by atoms with Gasteiger partial charge in [-0.2, -0.15) is 0 Å². The van der Waals surface area contributed by atoms with Crippen molar-refractivity contribution in [3.8, 4) is 0 Å². The van der Waals surface area contributed by atoms with Gasteiger partial charge < -0.3 is 20.2 Å². The number of rotatable bonds is 7. The lowest BCUT2D eigenvalue weighted by Crippen LogP contribution is -2.52. The summed E-state index contributed by atoms with van der Waals surface area (Å²) in [6, 6.07) is 8.72. The lowest BCUT2D eigenvalue weighted by molar-refractivity contribution is -0.140. The predicted octanol–water partition coefficient (Wildman–Crippen LogP) is 3.99. The van der Waals surface area contributed by atoms with Gasteiger partial charge in [-0.25, -0.2) is 9.78 Å². The average molecular weight is 564 g/mol. The first kappa shape index (κ1) is 27.9. The summed E-state index contributed by atoms with van der Waals surface area (Å²) in [6.07, 6.45) is 13.4. The molecule has 220 valence electrons. The number of carbonyl (C=O) groups excluding carboxylic acids is 1. The van der Waals surface area contributed by atoms with E-state index in [0.29, 0.717) is 29.2 Å². The van der Waals surface area contributed by atoms with Gasteiger partial charge in [0.1, 0.15) is 0 Å². The number of nitrogens with zero attached hydrogens (tertiary/aromatic N) is 4. The molecule has 3 N–H and O–H groups in total. The molecule has 4 aliphatic rings. The molecule has 2 aromatic rings. The number of aromatic nitrogens is 2. The Bertz CT molecular complexity index is 1410. The van der Waals surface area contributed by atoms with Crippen molar-refractivity contribution in [1.82, 2.24) is 14.5 Å². The van der Waals surface area contributed by atoms with Crippen molar-refractivity contribution in [2.24, 2.45) is 22.7 Å². The molecule has 0 spiro atoms. The van der Waals surface area contributed by atoms with E-state index in [1.165, 1.54) is 58.8 Å². The maximum atomic E-state index is 14.1. The Morgan fingerprint density at radius 1 is 0.951 bits per heavy atom. The molecule has 1 amide bonds. The van der Waals surface area contributed by atoms with Crippen LogP contribution in [0.25, 0.3) is 11.0 Å². The zero-order chi connectivity index (χ0) is 28.9. The van der Waals surface area contributed by atoms with Crippen LogP contribution in [0.4, 0.5) is 0 Å². The first-order valence-electron chi connectivity index (χ1n) is 15.2. The number of carbonyl (C=O) groups is 2. The fourth-order valence-electron chi connectivity index (χ4n) is 8.16. The summed E-state index contributed by atoms with van der Waals surface area (Å²) in [6.45, 7) is 2.77. The molecule has 4 bridgehead atoms. The molecule has 0 radical (unpaired) electrons. The van der Waals surface area contributed by atoms with Crippen molar-refractivity contribution >= 4 is 28.6 Å². The number of para-hydroxylation sites is 2. The zero-order valence-corrected chi connectivity index (χ0v) is 24.0. The third-order valence-electron chi connectivity index (χ3n) is 10.1. The van der Waals surface area contributed by atoms with Gasteiger partial charge in [0, 0.05) is 24.2 Å². The van der Waals surface area contributed by atoms with Crippen LogP contribution in [0.15, 0.2) is 34.2 Å².